The van der Waals surface area contributed by atoms with E-state index in [9.17, 15) is 0 Å². The Hall–Kier alpha value is -1.61. The summed E-state index contributed by atoms with van der Waals surface area (Å²) in [4.78, 5) is 0. The number of rotatable bonds is 3. The van der Waals surface area contributed by atoms with Gasteiger partial charge in [-0.1, -0.05) is 43.6 Å². The van der Waals surface area contributed by atoms with E-state index in [2.05, 4.69) is 24.0 Å². The number of nitrogens with zero attached hydrogens (tertiary/aromatic N) is 2. The Morgan fingerprint density at radius 3 is 2.47 bits per heavy atom. The van der Waals surface area contributed by atoms with E-state index in [1.165, 1.54) is 0 Å². The van der Waals surface area contributed by atoms with Crippen molar-refractivity contribution < 1.29 is 4.74 Å². The highest BCUT2D eigenvalue weighted by Gasteiger charge is 2.08. The standard InChI is InChI=1S/C13H13ClN2O/c1-9(2)10-5-3-4-6-11(10)17-13-8-7-12(14)15-16-13/h3-9H,1-2H3. The lowest BCUT2D eigenvalue weighted by Gasteiger charge is -2.12. The second-order valence-corrected chi connectivity index (χ2v) is 4.38. The first-order chi connectivity index (χ1) is 8.16. The van der Waals surface area contributed by atoms with Crippen molar-refractivity contribution >= 4 is 11.6 Å². The highest BCUT2D eigenvalue weighted by Crippen LogP contribution is 2.29. The van der Waals surface area contributed by atoms with Crippen molar-refractivity contribution in [3.8, 4) is 11.6 Å². The van der Waals surface area contributed by atoms with Gasteiger partial charge in [-0.2, -0.15) is 0 Å². The number of halogens is 1. The van der Waals surface area contributed by atoms with Crippen molar-refractivity contribution in [2.24, 2.45) is 0 Å². The van der Waals surface area contributed by atoms with Crippen LogP contribution in [0.5, 0.6) is 11.6 Å². The lowest BCUT2D eigenvalue weighted by atomic mass is 10.0. The van der Waals surface area contributed by atoms with Crippen molar-refractivity contribution in [1.29, 1.82) is 0 Å². The summed E-state index contributed by atoms with van der Waals surface area (Å²) in [5.41, 5.74) is 1.14. The van der Waals surface area contributed by atoms with E-state index in [1.54, 1.807) is 12.1 Å². The van der Waals surface area contributed by atoms with Gasteiger partial charge in [0.25, 0.3) is 0 Å². The van der Waals surface area contributed by atoms with Crippen LogP contribution >= 0.6 is 11.6 Å². The van der Waals surface area contributed by atoms with Gasteiger partial charge < -0.3 is 4.74 Å². The van der Waals surface area contributed by atoms with Gasteiger partial charge in [0.15, 0.2) is 5.15 Å². The minimum Gasteiger partial charge on any atom is -0.437 e. The highest BCUT2D eigenvalue weighted by atomic mass is 35.5. The van der Waals surface area contributed by atoms with Gasteiger partial charge >= 0.3 is 0 Å². The lowest BCUT2D eigenvalue weighted by molar-refractivity contribution is 0.447. The molecule has 1 heterocycles. The van der Waals surface area contributed by atoms with E-state index < -0.39 is 0 Å². The molecule has 0 radical (unpaired) electrons. The monoisotopic (exact) mass is 248 g/mol. The zero-order chi connectivity index (χ0) is 12.3. The fourth-order valence-electron chi connectivity index (χ4n) is 1.52. The summed E-state index contributed by atoms with van der Waals surface area (Å²) in [6, 6.07) is 11.3. The van der Waals surface area contributed by atoms with E-state index >= 15 is 0 Å². The van der Waals surface area contributed by atoms with Crippen molar-refractivity contribution in [2.45, 2.75) is 19.8 Å². The smallest absolute Gasteiger partial charge is 0.238 e. The molecule has 2 aromatic rings. The number of aromatic nitrogens is 2. The average Bonchev–Trinajstić information content (AvgIpc) is 2.32. The summed E-state index contributed by atoms with van der Waals surface area (Å²) < 4.78 is 5.69. The van der Waals surface area contributed by atoms with Gasteiger partial charge in [0.05, 0.1) is 0 Å². The van der Waals surface area contributed by atoms with Crippen molar-refractivity contribution in [3.63, 3.8) is 0 Å². The summed E-state index contributed by atoms with van der Waals surface area (Å²) in [7, 11) is 0. The van der Waals surface area contributed by atoms with Crippen LogP contribution in [-0.4, -0.2) is 10.2 Å². The normalized spacial score (nSPS) is 10.6. The first-order valence-electron chi connectivity index (χ1n) is 5.43. The molecule has 4 heteroatoms. The first kappa shape index (κ1) is 11.9. The molecule has 1 aromatic heterocycles. The third-order valence-electron chi connectivity index (χ3n) is 2.36. The Bertz CT molecular complexity index is 497. The maximum absolute atomic E-state index is 5.69. The van der Waals surface area contributed by atoms with Crippen LogP contribution in [0.25, 0.3) is 0 Å². The van der Waals surface area contributed by atoms with Crippen LogP contribution in [0, 0.1) is 0 Å². The van der Waals surface area contributed by atoms with Crippen LogP contribution in [0.2, 0.25) is 5.15 Å². The maximum atomic E-state index is 5.69. The van der Waals surface area contributed by atoms with Crippen LogP contribution in [0.15, 0.2) is 36.4 Å². The van der Waals surface area contributed by atoms with Gasteiger partial charge in [-0.25, -0.2) is 0 Å². The topological polar surface area (TPSA) is 35.0 Å². The second kappa shape index (κ2) is 5.15. The van der Waals surface area contributed by atoms with Gasteiger partial charge in [0, 0.05) is 6.07 Å². The Labute approximate surface area is 105 Å². The third-order valence-corrected chi connectivity index (χ3v) is 2.56. The Kier molecular flexibility index (Phi) is 3.59. The molecule has 1 aromatic carbocycles. The molecule has 88 valence electrons. The van der Waals surface area contributed by atoms with Crippen LogP contribution in [0.1, 0.15) is 25.3 Å². The third kappa shape index (κ3) is 2.94. The van der Waals surface area contributed by atoms with E-state index in [-0.39, 0.29) is 0 Å². The van der Waals surface area contributed by atoms with E-state index in [0.717, 1.165) is 11.3 Å². The SMILES string of the molecule is CC(C)c1ccccc1Oc1ccc(Cl)nn1. The van der Waals surface area contributed by atoms with Gasteiger partial charge in [-0.05, 0) is 23.6 Å². The largest absolute Gasteiger partial charge is 0.437 e. The van der Waals surface area contributed by atoms with Gasteiger partial charge in [0.1, 0.15) is 5.75 Å². The molecule has 0 atom stereocenters. The summed E-state index contributed by atoms with van der Waals surface area (Å²) in [5.74, 6) is 1.65. The lowest BCUT2D eigenvalue weighted by Crippen LogP contribution is -1.95. The maximum Gasteiger partial charge on any atom is 0.238 e. The molecule has 0 unspecified atom stereocenters. The van der Waals surface area contributed by atoms with E-state index in [0.29, 0.717) is 17.0 Å². The van der Waals surface area contributed by atoms with Crippen molar-refractivity contribution in [1.82, 2.24) is 10.2 Å². The molecule has 17 heavy (non-hydrogen) atoms. The highest BCUT2D eigenvalue weighted by molar-refractivity contribution is 6.29. The molecule has 0 aliphatic carbocycles. The predicted molar refractivity (Wildman–Crippen MR) is 67.6 cm³/mol. The zero-order valence-electron chi connectivity index (χ0n) is 9.72. The molecule has 0 N–H and O–H groups in total. The molecule has 0 saturated carbocycles. The molecule has 0 fully saturated rings. The molecular weight excluding hydrogens is 236 g/mol. The summed E-state index contributed by atoms with van der Waals surface area (Å²) in [6.07, 6.45) is 0. The van der Waals surface area contributed by atoms with Crippen LogP contribution in [-0.2, 0) is 0 Å². The zero-order valence-corrected chi connectivity index (χ0v) is 10.5. The molecule has 3 nitrogen and oxygen atoms in total. The second-order valence-electron chi connectivity index (χ2n) is 3.99. The molecule has 0 bridgehead atoms. The number of hydrogen-bond donors (Lipinski definition) is 0. The summed E-state index contributed by atoms with van der Waals surface area (Å²) in [5, 5.41) is 7.97. The number of hydrogen-bond acceptors (Lipinski definition) is 3. The molecule has 2 rings (SSSR count). The summed E-state index contributed by atoms with van der Waals surface area (Å²) >= 11 is 5.67. The Morgan fingerprint density at radius 1 is 1.06 bits per heavy atom. The fraction of sp³-hybridized carbons (Fsp3) is 0.231. The average molecular weight is 249 g/mol. The van der Waals surface area contributed by atoms with E-state index in [4.69, 9.17) is 16.3 Å². The molecule has 0 spiro atoms. The molecular formula is C13H13ClN2O. The van der Waals surface area contributed by atoms with Crippen LogP contribution < -0.4 is 4.74 Å². The minimum absolute atomic E-state index is 0.356. The number of benzene rings is 1. The molecule has 0 aliphatic heterocycles. The quantitative estimate of drug-likeness (QED) is 0.822. The van der Waals surface area contributed by atoms with Gasteiger partial charge in [-0.3, -0.25) is 0 Å². The van der Waals surface area contributed by atoms with Crippen molar-refractivity contribution in [3.05, 3.63) is 47.1 Å². The molecule has 0 saturated heterocycles. The molecule has 0 amide bonds. The van der Waals surface area contributed by atoms with E-state index in [1.807, 2.05) is 24.3 Å². The first-order valence-corrected chi connectivity index (χ1v) is 5.80. The fourth-order valence-corrected chi connectivity index (χ4v) is 1.62. The van der Waals surface area contributed by atoms with Crippen molar-refractivity contribution in [2.75, 3.05) is 0 Å². The van der Waals surface area contributed by atoms with Gasteiger partial charge in [0.2, 0.25) is 5.88 Å². The van der Waals surface area contributed by atoms with Gasteiger partial charge in [-0.15, -0.1) is 10.2 Å². The van der Waals surface area contributed by atoms with Crippen LogP contribution in [0.3, 0.4) is 0 Å². The molecule has 0 aliphatic rings. The number of para-hydroxylation sites is 1. The summed E-state index contributed by atoms with van der Waals surface area (Å²) in [6.45, 7) is 4.24. The van der Waals surface area contributed by atoms with Crippen LogP contribution in [0.4, 0.5) is 0 Å². The number of ether oxygens (including phenoxy) is 1. The predicted octanol–water partition coefficient (Wildman–Crippen LogP) is 4.05. The Morgan fingerprint density at radius 2 is 1.82 bits per heavy atom. The Balaban J connectivity index is 2.26. The minimum atomic E-state index is 0.356.